The zero-order chi connectivity index (χ0) is 29.6. The molecule has 1 aliphatic heterocycles. The van der Waals surface area contributed by atoms with Crippen molar-refractivity contribution in [1.82, 2.24) is 35.5 Å². The van der Waals surface area contributed by atoms with Crippen molar-refractivity contribution in [3.8, 4) is 16.9 Å². The molecule has 0 radical (unpaired) electrons. The van der Waals surface area contributed by atoms with E-state index in [1.807, 2.05) is 0 Å². The minimum Gasteiger partial charge on any atom is -0.453 e. The van der Waals surface area contributed by atoms with E-state index in [1.54, 1.807) is 48.7 Å². The molecule has 0 saturated heterocycles. The van der Waals surface area contributed by atoms with E-state index in [-0.39, 0.29) is 25.2 Å². The summed E-state index contributed by atoms with van der Waals surface area (Å²) in [5.74, 6) is -0.358. The molecule has 14 nitrogen and oxygen atoms in total. The third-order valence-corrected chi connectivity index (χ3v) is 6.70. The first-order chi connectivity index (χ1) is 20.3. The van der Waals surface area contributed by atoms with Crippen LogP contribution in [0.5, 0.6) is 0 Å². The molecule has 0 spiro atoms. The van der Waals surface area contributed by atoms with Crippen LogP contribution in [0.2, 0.25) is 5.02 Å². The molecule has 15 heteroatoms. The van der Waals surface area contributed by atoms with Crippen molar-refractivity contribution in [3.05, 3.63) is 71.4 Å². The van der Waals surface area contributed by atoms with E-state index in [1.165, 1.54) is 24.2 Å². The van der Waals surface area contributed by atoms with Crippen molar-refractivity contribution in [3.63, 3.8) is 0 Å². The van der Waals surface area contributed by atoms with Crippen LogP contribution < -0.4 is 16.0 Å². The summed E-state index contributed by atoms with van der Waals surface area (Å²) >= 11 is 6.17. The Morgan fingerprint density at radius 3 is 2.88 bits per heavy atom. The van der Waals surface area contributed by atoms with E-state index in [4.69, 9.17) is 11.6 Å². The number of tetrazole rings is 1. The number of benzene rings is 2. The van der Waals surface area contributed by atoms with Crippen molar-refractivity contribution in [2.75, 3.05) is 17.7 Å². The first-order valence-electron chi connectivity index (χ1n) is 12.8. The highest BCUT2D eigenvalue weighted by Crippen LogP contribution is 2.32. The standard InChI is InChI=1S/C27H26ClN9O5/c1-42-27(41)31-17-4-6-19-20(11-17)32-25(40)9-5-18(38)12-21(26-29-13-22(19)34-26)33-24(39)8-2-15-10-16(28)3-7-23(15)37-14-30-35-36-37/h2-4,6-8,10-11,13-14,18,21,38H,5,9,12H2,1H3,(H,29,34)(H,31,41)(H,32,40)(H,33,39)/t18?,21-/m0/s1. The Hall–Kier alpha value is -5.08. The van der Waals surface area contributed by atoms with Crippen molar-refractivity contribution < 1.29 is 24.2 Å². The molecule has 3 heterocycles. The van der Waals surface area contributed by atoms with Gasteiger partial charge in [0.2, 0.25) is 11.8 Å². The molecular weight excluding hydrogens is 566 g/mol. The number of aromatic amines is 1. The van der Waals surface area contributed by atoms with Crippen LogP contribution in [0.15, 0.2) is 55.0 Å². The number of aliphatic hydroxyl groups is 1. The Bertz CT molecular complexity index is 1640. The monoisotopic (exact) mass is 591 g/mol. The van der Waals surface area contributed by atoms with Crippen LogP contribution >= 0.6 is 11.6 Å². The number of amides is 3. The Morgan fingerprint density at radius 2 is 2.10 bits per heavy atom. The summed E-state index contributed by atoms with van der Waals surface area (Å²) in [5.41, 5.74) is 3.22. The Labute approximate surface area is 244 Å². The number of aliphatic hydroxyl groups excluding tert-OH is 1. The maximum atomic E-state index is 13.1. The van der Waals surface area contributed by atoms with Crippen LogP contribution in [0.1, 0.15) is 36.7 Å². The van der Waals surface area contributed by atoms with Gasteiger partial charge in [-0.25, -0.2) is 9.78 Å². The first-order valence-corrected chi connectivity index (χ1v) is 13.2. The zero-order valence-corrected chi connectivity index (χ0v) is 23.0. The van der Waals surface area contributed by atoms with Gasteiger partial charge in [0.25, 0.3) is 0 Å². The fraction of sp³-hybridized carbons (Fsp3) is 0.222. The van der Waals surface area contributed by atoms with Crippen molar-refractivity contribution in [2.24, 2.45) is 0 Å². The van der Waals surface area contributed by atoms with E-state index in [9.17, 15) is 19.5 Å². The number of anilines is 2. The third kappa shape index (κ3) is 6.79. The number of halogens is 1. The number of aromatic nitrogens is 6. The lowest BCUT2D eigenvalue weighted by Gasteiger charge is -2.20. The summed E-state index contributed by atoms with van der Waals surface area (Å²) in [5, 5.41) is 30.7. The van der Waals surface area contributed by atoms with Crippen LogP contribution in [0.25, 0.3) is 23.0 Å². The molecule has 0 fully saturated rings. The van der Waals surface area contributed by atoms with Crippen LogP contribution in [0.3, 0.4) is 0 Å². The number of imidazole rings is 1. The van der Waals surface area contributed by atoms with Gasteiger partial charge in [-0.05, 0) is 59.3 Å². The van der Waals surface area contributed by atoms with E-state index in [0.717, 1.165) is 0 Å². The van der Waals surface area contributed by atoms with Crippen molar-refractivity contribution in [2.45, 2.75) is 31.4 Å². The normalized spacial score (nSPS) is 17.0. The summed E-state index contributed by atoms with van der Waals surface area (Å²) in [6, 6.07) is 9.35. The highest BCUT2D eigenvalue weighted by Gasteiger charge is 2.24. The second-order valence-corrected chi connectivity index (χ2v) is 9.82. The number of carbonyl (C=O) groups excluding carboxylic acids is 3. The summed E-state index contributed by atoms with van der Waals surface area (Å²) in [6.45, 7) is 0. The summed E-state index contributed by atoms with van der Waals surface area (Å²) in [6.07, 6.45) is 4.64. The Morgan fingerprint density at radius 1 is 1.24 bits per heavy atom. The summed E-state index contributed by atoms with van der Waals surface area (Å²) in [4.78, 5) is 45.1. The zero-order valence-electron chi connectivity index (χ0n) is 22.2. The van der Waals surface area contributed by atoms with Gasteiger partial charge in [-0.1, -0.05) is 11.6 Å². The second-order valence-electron chi connectivity index (χ2n) is 9.39. The predicted molar refractivity (Wildman–Crippen MR) is 153 cm³/mol. The molecular formula is C27H26ClN9O5. The minimum absolute atomic E-state index is 0.0312. The van der Waals surface area contributed by atoms with Crippen LogP contribution in [-0.2, 0) is 14.3 Å². The van der Waals surface area contributed by atoms with Gasteiger partial charge in [0, 0.05) is 40.8 Å². The summed E-state index contributed by atoms with van der Waals surface area (Å²) in [7, 11) is 1.25. The van der Waals surface area contributed by atoms with Gasteiger partial charge in [-0.15, -0.1) is 5.10 Å². The number of carbonyl (C=O) groups is 3. The molecule has 42 heavy (non-hydrogen) atoms. The van der Waals surface area contributed by atoms with Gasteiger partial charge in [0.1, 0.15) is 12.2 Å². The average Bonchev–Trinajstić information content (AvgIpc) is 3.68. The van der Waals surface area contributed by atoms with Gasteiger partial charge in [-0.3, -0.25) is 14.9 Å². The SMILES string of the molecule is COC(=O)Nc1ccc2c(c1)NC(=O)CCC(O)C[C@H](NC(=O)C=Cc1cc(Cl)ccc1-n1cnnn1)c1ncc-2[nH]1. The van der Waals surface area contributed by atoms with E-state index in [0.29, 0.717) is 44.7 Å². The minimum atomic E-state index is -0.913. The predicted octanol–water partition coefficient (Wildman–Crippen LogP) is 3.24. The van der Waals surface area contributed by atoms with Gasteiger partial charge in [-0.2, -0.15) is 4.68 Å². The van der Waals surface area contributed by atoms with Crippen LogP contribution in [0.4, 0.5) is 16.2 Å². The van der Waals surface area contributed by atoms with Gasteiger partial charge < -0.3 is 25.5 Å². The van der Waals surface area contributed by atoms with E-state index in [2.05, 4.69) is 46.2 Å². The molecule has 3 amide bonds. The van der Waals surface area contributed by atoms with Gasteiger partial charge in [0.15, 0.2) is 0 Å². The number of H-pyrrole nitrogens is 1. The highest BCUT2D eigenvalue weighted by molar-refractivity contribution is 6.30. The molecule has 2 atom stereocenters. The number of ether oxygens (including phenoxy) is 1. The number of methoxy groups -OCH3 is 1. The molecule has 5 N–H and O–H groups in total. The van der Waals surface area contributed by atoms with E-state index >= 15 is 0 Å². The lowest BCUT2D eigenvalue weighted by Crippen LogP contribution is -2.31. The lowest BCUT2D eigenvalue weighted by atomic mass is 10.0. The van der Waals surface area contributed by atoms with Crippen molar-refractivity contribution >= 4 is 47.0 Å². The van der Waals surface area contributed by atoms with Gasteiger partial charge in [0.05, 0.1) is 42.5 Å². The molecule has 2 bridgehead atoms. The van der Waals surface area contributed by atoms with E-state index < -0.39 is 24.1 Å². The number of nitrogens with one attached hydrogen (secondary N) is 4. The maximum absolute atomic E-state index is 13.1. The Kier molecular flexibility index (Phi) is 8.55. The second kappa shape index (κ2) is 12.6. The lowest BCUT2D eigenvalue weighted by molar-refractivity contribution is -0.118. The largest absolute Gasteiger partial charge is 0.453 e. The van der Waals surface area contributed by atoms with Crippen LogP contribution in [-0.4, -0.2) is 66.4 Å². The number of hydrogen-bond donors (Lipinski definition) is 5. The quantitative estimate of drug-likeness (QED) is 0.217. The molecule has 5 rings (SSSR count). The fourth-order valence-electron chi connectivity index (χ4n) is 4.44. The first kappa shape index (κ1) is 28.4. The Balaban J connectivity index is 1.41. The molecule has 0 aliphatic carbocycles. The third-order valence-electron chi connectivity index (χ3n) is 6.47. The molecule has 4 aromatic rings. The molecule has 0 saturated carbocycles. The van der Waals surface area contributed by atoms with Crippen molar-refractivity contribution in [1.29, 1.82) is 0 Å². The molecule has 2 aromatic carbocycles. The molecule has 1 aliphatic rings. The number of nitrogens with zero attached hydrogens (tertiary/aromatic N) is 5. The molecule has 2 aromatic heterocycles. The molecule has 1 unspecified atom stereocenters. The summed E-state index contributed by atoms with van der Waals surface area (Å²) < 4.78 is 6.09. The number of fused-ring (bicyclic) bond motifs is 4. The molecule has 216 valence electrons. The average molecular weight is 592 g/mol. The number of hydrogen-bond acceptors (Lipinski definition) is 9. The number of rotatable bonds is 5. The highest BCUT2D eigenvalue weighted by atomic mass is 35.5. The fourth-order valence-corrected chi connectivity index (χ4v) is 4.62. The smallest absolute Gasteiger partial charge is 0.411 e. The topological polar surface area (TPSA) is 189 Å². The maximum Gasteiger partial charge on any atom is 0.411 e. The van der Waals surface area contributed by atoms with Gasteiger partial charge >= 0.3 is 6.09 Å². The van der Waals surface area contributed by atoms with Crippen LogP contribution in [0, 0.1) is 0 Å².